The predicted octanol–water partition coefficient (Wildman–Crippen LogP) is 2.81. The van der Waals surface area contributed by atoms with E-state index in [1.807, 2.05) is 0 Å². The largest absolute Gasteiger partial charge is 0.420 e. The van der Waals surface area contributed by atoms with E-state index >= 15 is 0 Å². The zero-order valence-corrected chi connectivity index (χ0v) is 13.9. The van der Waals surface area contributed by atoms with Crippen molar-refractivity contribution in [1.82, 2.24) is 19.5 Å². The second kappa shape index (κ2) is 6.89. The smallest absolute Gasteiger partial charge is 0.369 e. The maximum Gasteiger partial charge on any atom is 0.420 e. The van der Waals surface area contributed by atoms with Crippen LogP contribution in [0, 0.1) is 0 Å². The minimum Gasteiger partial charge on any atom is -0.369 e. The summed E-state index contributed by atoms with van der Waals surface area (Å²) >= 11 is 0. The number of amides is 1. The van der Waals surface area contributed by atoms with Gasteiger partial charge in [0, 0.05) is 20.3 Å². The highest BCUT2D eigenvalue weighted by Crippen LogP contribution is 2.37. The Morgan fingerprint density at radius 3 is 2.37 bits per heavy atom. The first kappa shape index (κ1) is 20.2. The number of hydrogen-bond donors (Lipinski definition) is 1. The lowest BCUT2D eigenvalue weighted by atomic mass is 10.2. The molecule has 0 fully saturated rings. The quantitative estimate of drug-likeness (QED) is 0.374. The van der Waals surface area contributed by atoms with Crippen molar-refractivity contribution in [1.29, 1.82) is 0 Å². The van der Waals surface area contributed by atoms with Gasteiger partial charge in [-0.05, 0) is 6.07 Å². The number of pyridine rings is 1. The van der Waals surface area contributed by atoms with Gasteiger partial charge in [-0.25, -0.2) is 0 Å². The topological polar surface area (TPSA) is 74.9 Å². The number of nitrogens with zero attached hydrogens (tertiary/aromatic N) is 5. The first-order chi connectivity index (χ1) is 12.3. The average molecular weight is 394 g/mol. The summed E-state index contributed by atoms with van der Waals surface area (Å²) in [5.41, 5.74) is -4.48. The predicted molar refractivity (Wildman–Crippen MR) is 82.9 cm³/mol. The average Bonchev–Trinajstić information content (AvgIpc) is 2.92. The van der Waals surface area contributed by atoms with Gasteiger partial charge in [0.05, 0.1) is 11.9 Å². The monoisotopic (exact) mass is 394 g/mol. The number of halogens is 6. The Bertz CT molecular complexity index is 911. The number of rotatable bonds is 4. The number of carbonyl (C=O) groups excluding carboxylic acids is 1. The molecule has 13 heteroatoms. The molecule has 0 aliphatic carbocycles. The first-order valence-electron chi connectivity index (χ1n) is 7.04. The molecular weight excluding hydrogens is 382 g/mol. The lowest BCUT2D eigenvalue weighted by molar-refractivity contribution is -0.142. The van der Waals surface area contributed by atoms with Crippen molar-refractivity contribution >= 4 is 23.8 Å². The third-order valence-electron chi connectivity index (χ3n) is 3.06. The van der Waals surface area contributed by atoms with Crippen LogP contribution >= 0.6 is 0 Å². The molecule has 1 N–H and O–H groups in total. The molecule has 2 heterocycles. The Kier molecular flexibility index (Phi) is 5.15. The lowest BCUT2D eigenvalue weighted by Crippen LogP contribution is -2.16. The number of carbonyl (C=O) groups is 1. The van der Waals surface area contributed by atoms with Crippen LogP contribution in [0.1, 0.15) is 11.1 Å². The molecule has 27 heavy (non-hydrogen) atoms. The Balaban J connectivity index is 2.50. The van der Waals surface area contributed by atoms with Gasteiger partial charge in [0.15, 0.2) is 5.65 Å². The van der Waals surface area contributed by atoms with Gasteiger partial charge < -0.3 is 10.2 Å². The van der Waals surface area contributed by atoms with Crippen LogP contribution in [0.3, 0.4) is 0 Å². The van der Waals surface area contributed by atoms with E-state index in [2.05, 4.69) is 27.1 Å². The summed E-state index contributed by atoms with van der Waals surface area (Å²) in [5, 5.41) is 8.85. The van der Waals surface area contributed by atoms with Crippen LogP contribution in [0.4, 0.5) is 32.3 Å². The van der Waals surface area contributed by atoms with Gasteiger partial charge in [-0.3, -0.25) is 9.20 Å². The van der Waals surface area contributed by atoms with Crippen LogP contribution in [0.15, 0.2) is 29.5 Å². The SMILES string of the molecule is C=C(Nc1nnc2c(C(F)(F)F)cc(C(F)(F)F)cn12)C(=O)N=CN(C)C. The molecule has 0 saturated carbocycles. The summed E-state index contributed by atoms with van der Waals surface area (Å²) in [6.07, 6.45) is -8.62. The molecule has 0 aliphatic rings. The fraction of sp³-hybridized carbons (Fsp3) is 0.286. The molecule has 0 aliphatic heterocycles. The Morgan fingerprint density at radius 2 is 1.85 bits per heavy atom. The number of fused-ring (bicyclic) bond motifs is 1. The van der Waals surface area contributed by atoms with E-state index in [0.29, 0.717) is 10.6 Å². The first-order valence-corrected chi connectivity index (χ1v) is 7.04. The lowest BCUT2D eigenvalue weighted by Gasteiger charge is -2.13. The molecule has 0 saturated heterocycles. The van der Waals surface area contributed by atoms with Gasteiger partial charge >= 0.3 is 12.4 Å². The third-order valence-corrected chi connectivity index (χ3v) is 3.06. The molecule has 0 spiro atoms. The normalized spacial score (nSPS) is 12.6. The fourth-order valence-corrected chi connectivity index (χ4v) is 1.88. The summed E-state index contributed by atoms with van der Waals surface area (Å²) < 4.78 is 78.6. The van der Waals surface area contributed by atoms with Crippen LogP contribution in [0.25, 0.3) is 5.65 Å². The number of hydrogen-bond acceptors (Lipinski definition) is 4. The van der Waals surface area contributed by atoms with Crippen molar-refractivity contribution in [3.63, 3.8) is 0 Å². The van der Waals surface area contributed by atoms with Gasteiger partial charge in [0.2, 0.25) is 5.95 Å². The summed E-state index contributed by atoms with van der Waals surface area (Å²) in [5.74, 6) is -1.46. The highest BCUT2D eigenvalue weighted by Gasteiger charge is 2.39. The van der Waals surface area contributed by atoms with Gasteiger partial charge in [0.25, 0.3) is 5.91 Å². The number of anilines is 1. The standard InChI is InChI=1S/C14H12F6N6O/c1-7(11(27)21-6-25(2)3)22-12-24-23-10-9(14(18,19)20)4-8(5-26(10)12)13(15,16)17/h4-6H,1H2,2-3H3,(H,22,24). The molecule has 0 radical (unpaired) electrons. The maximum atomic E-state index is 13.1. The fourth-order valence-electron chi connectivity index (χ4n) is 1.88. The van der Waals surface area contributed by atoms with Crippen molar-refractivity contribution < 1.29 is 31.1 Å². The molecule has 0 bridgehead atoms. The Labute approximate surface area is 148 Å². The summed E-state index contributed by atoms with van der Waals surface area (Å²) in [6.45, 7) is 3.34. The molecule has 0 atom stereocenters. The van der Waals surface area contributed by atoms with Crippen LogP contribution < -0.4 is 5.32 Å². The van der Waals surface area contributed by atoms with E-state index in [-0.39, 0.29) is 6.07 Å². The van der Waals surface area contributed by atoms with Crippen LogP contribution in [-0.4, -0.2) is 45.8 Å². The van der Waals surface area contributed by atoms with Crippen molar-refractivity contribution in [3.05, 3.63) is 35.7 Å². The molecular formula is C14H12F6N6O. The second-order valence-electron chi connectivity index (χ2n) is 5.47. The number of nitrogens with one attached hydrogen (secondary N) is 1. The molecule has 0 aromatic carbocycles. The minimum atomic E-state index is -5.10. The summed E-state index contributed by atoms with van der Waals surface area (Å²) in [7, 11) is 3.16. The van der Waals surface area contributed by atoms with E-state index in [4.69, 9.17) is 0 Å². The number of aliphatic imine (C=N–C) groups is 1. The van der Waals surface area contributed by atoms with E-state index < -0.39 is 46.7 Å². The van der Waals surface area contributed by atoms with Crippen LogP contribution in [-0.2, 0) is 17.1 Å². The Hall–Kier alpha value is -3.12. The third kappa shape index (κ3) is 4.54. The highest BCUT2D eigenvalue weighted by molar-refractivity contribution is 5.99. The summed E-state index contributed by atoms with van der Waals surface area (Å²) in [6, 6.07) is -0.0604. The zero-order chi connectivity index (χ0) is 20.6. The van der Waals surface area contributed by atoms with Gasteiger partial charge in [0.1, 0.15) is 11.3 Å². The highest BCUT2D eigenvalue weighted by atomic mass is 19.4. The van der Waals surface area contributed by atoms with E-state index in [1.165, 1.54) is 4.90 Å². The molecule has 1 amide bonds. The van der Waals surface area contributed by atoms with E-state index in [9.17, 15) is 31.1 Å². The molecule has 7 nitrogen and oxygen atoms in total. The molecule has 2 aromatic rings. The summed E-state index contributed by atoms with van der Waals surface area (Å²) in [4.78, 5) is 16.7. The van der Waals surface area contributed by atoms with Crippen LogP contribution in [0.2, 0.25) is 0 Å². The molecule has 0 unspecified atom stereocenters. The van der Waals surface area contributed by atoms with Crippen molar-refractivity contribution in [2.75, 3.05) is 19.4 Å². The molecule has 2 aromatic heterocycles. The number of alkyl halides is 6. The van der Waals surface area contributed by atoms with Gasteiger partial charge in [-0.15, -0.1) is 10.2 Å². The molecule has 2 rings (SSSR count). The van der Waals surface area contributed by atoms with Crippen molar-refractivity contribution in [2.45, 2.75) is 12.4 Å². The van der Waals surface area contributed by atoms with Crippen molar-refractivity contribution in [2.24, 2.45) is 4.99 Å². The van der Waals surface area contributed by atoms with E-state index in [1.54, 1.807) is 14.1 Å². The number of aromatic nitrogens is 3. The van der Waals surface area contributed by atoms with E-state index in [0.717, 1.165) is 6.34 Å². The van der Waals surface area contributed by atoms with Gasteiger partial charge in [-0.1, -0.05) is 6.58 Å². The molecule has 146 valence electrons. The van der Waals surface area contributed by atoms with Gasteiger partial charge in [-0.2, -0.15) is 31.3 Å². The Morgan fingerprint density at radius 1 is 1.22 bits per heavy atom. The maximum absolute atomic E-state index is 13.1. The van der Waals surface area contributed by atoms with Crippen LogP contribution in [0.5, 0.6) is 0 Å². The second-order valence-corrected chi connectivity index (χ2v) is 5.47. The van der Waals surface area contributed by atoms with Crippen molar-refractivity contribution in [3.8, 4) is 0 Å². The minimum absolute atomic E-state index is 0.0604. The zero-order valence-electron chi connectivity index (χ0n) is 13.9.